The Morgan fingerprint density at radius 3 is 1.70 bits per heavy atom. The Labute approximate surface area is 116 Å². The molecule has 1 aliphatic heterocycles. The van der Waals surface area contributed by atoms with Crippen molar-refractivity contribution in [1.82, 2.24) is 14.7 Å². The normalized spacial score (nSPS) is 15.9. The first-order valence-electron chi connectivity index (χ1n) is 5.73. The molecule has 1 rings (SSSR count). The lowest BCUT2D eigenvalue weighted by Crippen LogP contribution is -2.50. The Morgan fingerprint density at radius 1 is 1.05 bits per heavy atom. The van der Waals surface area contributed by atoms with E-state index in [4.69, 9.17) is 10.2 Å². The molecule has 2 N–H and O–H groups in total. The van der Waals surface area contributed by atoms with Crippen molar-refractivity contribution in [3.8, 4) is 0 Å². The molecule has 0 spiro atoms. The molecule has 1 saturated heterocycles. The summed E-state index contributed by atoms with van der Waals surface area (Å²) in [5, 5.41) is 16.3. The molecule has 0 aromatic rings. The van der Waals surface area contributed by atoms with Gasteiger partial charge in [0.2, 0.25) is 11.8 Å². The minimum Gasteiger partial charge on any atom is -0.480 e. The number of hydrogen-bond acceptors (Lipinski definition) is 6. The number of likely N-dealkylation sites (N-methyl/N-ethyl adjacent to an activating group) is 3. The number of carboxylic acids is 2. The number of aliphatic carboxylic acids is 2. The second-order valence-corrected chi connectivity index (χ2v) is 4.48. The quantitative estimate of drug-likeness (QED) is 0.571. The molecule has 1 fully saturated rings. The summed E-state index contributed by atoms with van der Waals surface area (Å²) in [6.45, 7) is 0.211. The Hall–Kier alpha value is -2.00. The molecule has 0 radical (unpaired) electrons. The Bertz CT molecular complexity index is 364. The molecular formula is C11H19N3O6. The smallest absolute Gasteiger partial charge is 0.317 e. The van der Waals surface area contributed by atoms with Gasteiger partial charge in [-0.1, -0.05) is 0 Å². The number of piperazine rings is 1. The van der Waals surface area contributed by atoms with Crippen LogP contribution in [0.15, 0.2) is 0 Å². The lowest BCUT2D eigenvalue weighted by Gasteiger charge is -2.26. The van der Waals surface area contributed by atoms with Crippen molar-refractivity contribution in [2.45, 2.75) is 0 Å². The monoisotopic (exact) mass is 289 g/mol. The van der Waals surface area contributed by atoms with Crippen LogP contribution in [0, 0.1) is 0 Å². The van der Waals surface area contributed by atoms with Crippen molar-refractivity contribution in [1.29, 1.82) is 0 Å². The summed E-state index contributed by atoms with van der Waals surface area (Å²) < 4.78 is 0. The number of nitrogens with zero attached hydrogens (tertiary/aromatic N) is 3. The second kappa shape index (κ2) is 8.23. The van der Waals surface area contributed by atoms with E-state index in [0.29, 0.717) is 13.1 Å². The van der Waals surface area contributed by atoms with Crippen molar-refractivity contribution < 1.29 is 29.4 Å². The van der Waals surface area contributed by atoms with E-state index in [1.54, 1.807) is 11.9 Å². The highest BCUT2D eigenvalue weighted by Gasteiger charge is 2.24. The van der Waals surface area contributed by atoms with Crippen LogP contribution in [0.1, 0.15) is 0 Å². The molecule has 9 heteroatoms. The van der Waals surface area contributed by atoms with Gasteiger partial charge in [-0.15, -0.1) is 0 Å². The Kier molecular flexibility index (Phi) is 7.40. The fourth-order valence-electron chi connectivity index (χ4n) is 1.39. The zero-order valence-electron chi connectivity index (χ0n) is 11.7. The molecule has 0 atom stereocenters. The molecule has 9 nitrogen and oxygen atoms in total. The zero-order chi connectivity index (χ0) is 15.9. The van der Waals surface area contributed by atoms with E-state index in [9.17, 15) is 19.2 Å². The number of carbonyl (C=O) groups is 4. The molecule has 0 saturated carbocycles. The van der Waals surface area contributed by atoms with Gasteiger partial charge < -0.3 is 10.2 Å². The molecular weight excluding hydrogens is 270 g/mol. The maximum absolute atomic E-state index is 10.9. The average molecular weight is 289 g/mol. The van der Waals surface area contributed by atoms with Gasteiger partial charge in [0, 0.05) is 7.05 Å². The lowest BCUT2D eigenvalue weighted by atomic mass is 10.3. The first kappa shape index (κ1) is 18.0. The molecule has 20 heavy (non-hydrogen) atoms. The van der Waals surface area contributed by atoms with Gasteiger partial charge in [-0.2, -0.15) is 0 Å². The lowest BCUT2D eigenvalue weighted by molar-refractivity contribution is -0.149. The van der Waals surface area contributed by atoms with Crippen molar-refractivity contribution in [2.24, 2.45) is 0 Å². The van der Waals surface area contributed by atoms with E-state index in [-0.39, 0.29) is 24.9 Å². The third-order valence-electron chi connectivity index (χ3n) is 2.37. The summed E-state index contributed by atoms with van der Waals surface area (Å²) in [5.41, 5.74) is 0. The standard InChI is InChI=1S/C6H10N2O2.C5H9NO4/c1-7-3-5(9)8(2)6(10)4-7;1-6(2-4(7)8)3-5(9)10/h3-4H2,1-2H3;2-3H2,1H3,(H,7,8)(H,9,10). The van der Waals surface area contributed by atoms with Crippen LogP contribution in [0.3, 0.4) is 0 Å². The fourth-order valence-corrected chi connectivity index (χ4v) is 1.39. The summed E-state index contributed by atoms with van der Waals surface area (Å²) in [4.78, 5) is 45.7. The zero-order valence-corrected chi connectivity index (χ0v) is 11.7. The summed E-state index contributed by atoms with van der Waals surface area (Å²) in [5.74, 6) is -2.30. The van der Waals surface area contributed by atoms with Crippen LogP contribution in [0.2, 0.25) is 0 Å². The van der Waals surface area contributed by atoms with Crippen LogP contribution >= 0.6 is 0 Å². The van der Waals surface area contributed by atoms with Gasteiger partial charge in [0.05, 0.1) is 26.2 Å². The average Bonchev–Trinajstić information content (AvgIpc) is 2.24. The summed E-state index contributed by atoms with van der Waals surface area (Å²) in [6.07, 6.45) is 0. The number of carboxylic acid groups (broad SMARTS) is 2. The van der Waals surface area contributed by atoms with Gasteiger partial charge in [0.1, 0.15) is 0 Å². The molecule has 0 aromatic heterocycles. The number of rotatable bonds is 4. The summed E-state index contributed by atoms with van der Waals surface area (Å²) in [6, 6.07) is 0. The highest BCUT2D eigenvalue weighted by Crippen LogP contribution is 1.98. The van der Waals surface area contributed by atoms with E-state index >= 15 is 0 Å². The minimum absolute atomic E-state index is 0.126. The molecule has 0 aromatic carbocycles. The molecule has 114 valence electrons. The van der Waals surface area contributed by atoms with Gasteiger partial charge in [0.25, 0.3) is 0 Å². The van der Waals surface area contributed by atoms with E-state index in [1.165, 1.54) is 23.9 Å². The third-order valence-corrected chi connectivity index (χ3v) is 2.37. The van der Waals surface area contributed by atoms with Gasteiger partial charge in [-0.05, 0) is 14.1 Å². The molecule has 0 unspecified atom stereocenters. The van der Waals surface area contributed by atoms with Crippen LogP contribution in [-0.4, -0.2) is 96.0 Å². The Morgan fingerprint density at radius 2 is 1.40 bits per heavy atom. The second-order valence-electron chi connectivity index (χ2n) is 4.48. The predicted molar refractivity (Wildman–Crippen MR) is 68.0 cm³/mol. The topological polar surface area (TPSA) is 118 Å². The molecule has 1 heterocycles. The van der Waals surface area contributed by atoms with E-state index in [1.807, 2.05) is 0 Å². The van der Waals surface area contributed by atoms with Crippen molar-refractivity contribution >= 4 is 23.8 Å². The predicted octanol–water partition coefficient (Wildman–Crippen LogP) is -2.00. The first-order chi connectivity index (χ1) is 9.13. The minimum atomic E-state index is -1.02. The van der Waals surface area contributed by atoms with Gasteiger partial charge in [-0.25, -0.2) is 0 Å². The highest BCUT2D eigenvalue weighted by molar-refractivity contribution is 5.98. The number of carbonyl (C=O) groups excluding carboxylic acids is 2. The van der Waals surface area contributed by atoms with Gasteiger partial charge >= 0.3 is 11.9 Å². The molecule has 1 aliphatic rings. The van der Waals surface area contributed by atoms with Crippen molar-refractivity contribution in [3.05, 3.63) is 0 Å². The number of amides is 2. The molecule has 0 bridgehead atoms. The SMILES string of the molecule is CN(CC(=O)O)CC(=O)O.CN1CC(=O)N(C)C(=O)C1. The van der Waals surface area contributed by atoms with E-state index in [0.717, 1.165) is 0 Å². The van der Waals surface area contributed by atoms with E-state index < -0.39 is 11.9 Å². The van der Waals surface area contributed by atoms with Crippen molar-refractivity contribution in [3.63, 3.8) is 0 Å². The first-order valence-corrected chi connectivity index (χ1v) is 5.73. The van der Waals surface area contributed by atoms with Crippen LogP contribution in [0.5, 0.6) is 0 Å². The number of hydrogen-bond donors (Lipinski definition) is 2. The largest absolute Gasteiger partial charge is 0.480 e. The maximum Gasteiger partial charge on any atom is 0.317 e. The molecule has 0 aliphatic carbocycles. The maximum atomic E-state index is 10.9. The highest BCUT2D eigenvalue weighted by atomic mass is 16.4. The Balaban J connectivity index is 0.000000361. The van der Waals surface area contributed by atoms with Gasteiger partial charge in [-0.3, -0.25) is 33.9 Å². The van der Waals surface area contributed by atoms with Crippen LogP contribution in [0.25, 0.3) is 0 Å². The van der Waals surface area contributed by atoms with Crippen LogP contribution in [-0.2, 0) is 19.2 Å². The summed E-state index contributed by atoms with van der Waals surface area (Å²) in [7, 11) is 4.70. The van der Waals surface area contributed by atoms with Gasteiger partial charge in [0.15, 0.2) is 0 Å². The molecule has 2 amide bonds. The van der Waals surface area contributed by atoms with Crippen molar-refractivity contribution in [2.75, 3.05) is 47.3 Å². The fraction of sp³-hybridized carbons (Fsp3) is 0.636. The number of imide groups is 1. The van der Waals surface area contributed by atoms with Crippen LogP contribution in [0.4, 0.5) is 0 Å². The third kappa shape index (κ3) is 7.44. The van der Waals surface area contributed by atoms with Crippen LogP contribution < -0.4 is 0 Å². The van der Waals surface area contributed by atoms with E-state index in [2.05, 4.69) is 0 Å². The summed E-state index contributed by atoms with van der Waals surface area (Å²) >= 11 is 0.